The number of nitrogens with one attached hydrogen (secondary N) is 1. The topological polar surface area (TPSA) is 78.9 Å². The van der Waals surface area contributed by atoms with Crippen LogP contribution in [0.3, 0.4) is 0 Å². The summed E-state index contributed by atoms with van der Waals surface area (Å²) in [6.07, 6.45) is 2.01. The van der Waals surface area contributed by atoms with Crippen LogP contribution in [0.1, 0.15) is 49.3 Å². The number of halogens is 1. The first-order chi connectivity index (χ1) is 14.9. The molecule has 2 N–H and O–H groups in total. The average molecular weight is 426 g/mol. The fourth-order valence-corrected chi connectivity index (χ4v) is 3.86. The van der Waals surface area contributed by atoms with Crippen LogP contribution in [-0.4, -0.2) is 41.5 Å². The van der Waals surface area contributed by atoms with E-state index in [1.165, 1.54) is 35.9 Å². The standard InChI is InChI=1S/C24H27FN2O4/c1-15(28)21-8-7-17(9-22(21)31-14-16-5-6-16)18-10-24(30)27(12-18)13-23(29)26-20-4-2-3-19(25)11-20/h2-4,7-9,11,15-16,18,28H,5-6,10,12-14H2,1H3,(H,26,29)/t15?,18-/m1/s1. The molecular weight excluding hydrogens is 399 g/mol. The largest absolute Gasteiger partial charge is 0.493 e. The monoisotopic (exact) mass is 426 g/mol. The maximum Gasteiger partial charge on any atom is 0.243 e. The van der Waals surface area contributed by atoms with Crippen molar-refractivity contribution in [3.63, 3.8) is 0 Å². The first-order valence-electron chi connectivity index (χ1n) is 10.7. The molecule has 1 saturated heterocycles. The summed E-state index contributed by atoms with van der Waals surface area (Å²) in [5.74, 6) is 0.299. The minimum absolute atomic E-state index is 0.0548. The highest BCUT2D eigenvalue weighted by Gasteiger charge is 2.32. The summed E-state index contributed by atoms with van der Waals surface area (Å²) >= 11 is 0. The second-order valence-corrected chi connectivity index (χ2v) is 8.46. The Morgan fingerprint density at radius 2 is 2.10 bits per heavy atom. The number of anilines is 1. The molecule has 2 atom stereocenters. The van der Waals surface area contributed by atoms with E-state index in [9.17, 15) is 19.1 Å². The summed E-state index contributed by atoms with van der Waals surface area (Å²) in [4.78, 5) is 26.3. The predicted octanol–water partition coefficient (Wildman–Crippen LogP) is 3.62. The predicted molar refractivity (Wildman–Crippen MR) is 114 cm³/mol. The molecule has 1 aliphatic heterocycles. The Balaban J connectivity index is 1.41. The maximum atomic E-state index is 13.3. The van der Waals surface area contributed by atoms with Gasteiger partial charge in [-0.05, 0) is 55.5 Å². The highest BCUT2D eigenvalue weighted by Crippen LogP contribution is 2.36. The Kier molecular flexibility index (Phi) is 6.23. The molecule has 2 aromatic rings. The van der Waals surface area contributed by atoms with Gasteiger partial charge in [-0.2, -0.15) is 0 Å². The molecule has 2 aromatic carbocycles. The molecular formula is C24H27FN2O4. The van der Waals surface area contributed by atoms with Crippen LogP contribution < -0.4 is 10.1 Å². The molecule has 1 saturated carbocycles. The zero-order valence-electron chi connectivity index (χ0n) is 17.5. The number of hydrogen-bond donors (Lipinski definition) is 2. The summed E-state index contributed by atoms with van der Waals surface area (Å²) in [5.41, 5.74) is 2.05. The van der Waals surface area contributed by atoms with E-state index in [4.69, 9.17) is 4.74 Å². The molecule has 2 aliphatic rings. The normalized spacial score (nSPS) is 19.4. The molecule has 2 fully saturated rings. The van der Waals surface area contributed by atoms with E-state index < -0.39 is 11.9 Å². The number of hydrogen-bond acceptors (Lipinski definition) is 4. The number of rotatable bonds is 8. The molecule has 0 bridgehead atoms. The lowest BCUT2D eigenvalue weighted by Crippen LogP contribution is -2.34. The van der Waals surface area contributed by atoms with Crippen LogP contribution in [-0.2, 0) is 9.59 Å². The van der Waals surface area contributed by atoms with E-state index in [0.29, 0.717) is 36.9 Å². The molecule has 7 heteroatoms. The van der Waals surface area contributed by atoms with Crippen molar-refractivity contribution in [3.8, 4) is 5.75 Å². The van der Waals surface area contributed by atoms with Crippen molar-refractivity contribution in [1.82, 2.24) is 4.90 Å². The number of likely N-dealkylation sites (tertiary alicyclic amines) is 1. The molecule has 0 aromatic heterocycles. The van der Waals surface area contributed by atoms with Crippen molar-refractivity contribution >= 4 is 17.5 Å². The van der Waals surface area contributed by atoms with Gasteiger partial charge in [0.25, 0.3) is 0 Å². The molecule has 164 valence electrons. The van der Waals surface area contributed by atoms with Gasteiger partial charge >= 0.3 is 0 Å². The van der Waals surface area contributed by atoms with Crippen LogP contribution in [0, 0.1) is 11.7 Å². The van der Waals surface area contributed by atoms with E-state index in [1.807, 2.05) is 18.2 Å². The smallest absolute Gasteiger partial charge is 0.243 e. The van der Waals surface area contributed by atoms with Crippen LogP contribution in [0.2, 0.25) is 0 Å². The van der Waals surface area contributed by atoms with Crippen molar-refractivity contribution in [1.29, 1.82) is 0 Å². The van der Waals surface area contributed by atoms with E-state index in [0.717, 1.165) is 11.1 Å². The molecule has 1 heterocycles. The Hall–Kier alpha value is -2.93. The molecule has 2 amide bonds. The van der Waals surface area contributed by atoms with E-state index in [-0.39, 0.29) is 24.3 Å². The number of carbonyl (C=O) groups excluding carboxylic acids is 2. The first-order valence-corrected chi connectivity index (χ1v) is 10.7. The fraction of sp³-hybridized carbons (Fsp3) is 0.417. The van der Waals surface area contributed by atoms with Gasteiger partial charge < -0.3 is 20.1 Å². The van der Waals surface area contributed by atoms with Gasteiger partial charge in [0.15, 0.2) is 0 Å². The van der Waals surface area contributed by atoms with Gasteiger partial charge in [0.2, 0.25) is 11.8 Å². The average Bonchev–Trinajstić information content (AvgIpc) is 3.48. The third-order valence-corrected chi connectivity index (χ3v) is 5.79. The molecule has 0 radical (unpaired) electrons. The van der Waals surface area contributed by atoms with E-state index in [1.54, 1.807) is 13.0 Å². The number of benzene rings is 2. The van der Waals surface area contributed by atoms with Crippen molar-refractivity contribution < 1.29 is 23.8 Å². The SMILES string of the molecule is CC(O)c1ccc([C@@H]2CC(=O)N(CC(=O)Nc3cccc(F)c3)C2)cc1OCC1CC1. The lowest BCUT2D eigenvalue weighted by molar-refractivity contribution is -0.131. The molecule has 1 unspecified atom stereocenters. The van der Waals surface area contributed by atoms with Crippen LogP contribution >= 0.6 is 0 Å². The number of nitrogens with zero attached hydrogens (tertiary/aromatic N) is 1. The molecule has 31 heavy (non-hydrogen) atoms. The number of aliphatic hydroxyl groups is 1. The Morgan fingerprint density at radius 3 is 2.81 bits per heavy atom. The second kappa shape index (κ2) is 9.06. The minimum atomic E-state index is -0.642. The summed E-state index contributed by atoms with van der Waals surface area (Å²) in [6, 6.07) is 11.3. The van der Waals surface area contributed by atoms with E-state index >= 15 is 0 Å². The summed E-state index contributed by atoms with van der Waals surface area (Å²) in [5, 5.41) is 12.7. The van der Waals surface area contributed by atoms with Gasteiger partial charge in [-0.1, -0.05) is 18.2 Å². The van der Waals surface area contributed by atoms with Gasteiger partial charge in [-0.3, -0.25) is 9.59 Å². The quantitative estimate of drug-likeness (QED) is 0.676. The Labute approximate surface area is 181 Å². The highest BCUT2D eigenvalue weighted by molar-refractivity contribution is 5.95. The highest BCUT2D eigenvalue weighted by atomic mass is 19.1. The summed E-state index contributed by atoms with van der Waals surface area (Å²) < 4.78 is 19.3. The van der Waals surface area contributed by atoms with Crippen molar-refractivity contribution in [3.05, 3.63) is 59.4 Å². The summed E-state index contributed by atoms with van der Waals surface area (Å²) in [6.45, 7) is 2.68. The molecule has 1 aliphatic carbocycles. The third kappa shape index (κ3) is 5.41. The number of ether oxygens (including phenoxy) is 1. The number of carbonyl (C=O) groups is 2. The van der Waals surface area contributed by atoms with E-state index in [2.05, 4.69) is 5.32 Å². The fourth-order valence-electron chi connectivity index (χ4n) is 3.86. The van der Waals surface area contributed by atoms with Gasteiger partial charge in [-0.25, -0.2) is 4.39 Å². The maximum absolute atomic E-state index is 13.3. The van der Waals surface area contributed by atoms with Crippen LogP contribution in [0.25, 0.3) is 0 Å². The molecule has 0 spiro atoms. The Bertz CT molecular complexity index is 974. The zero-order valence-corrected chi connectivity index (χ0v) is 17.5. The number of amides is 2. The van der Waals surface area contributed by atoms with Crippen LogP contribution in [0.15, 0.2) is 42.5 Å². The van der Waals surface area contributed by atoms with Gasteiger partial charge in [0.1, 0.15) is 11.6 Å². The van der Waals surface area contributed by atoms with Gasteiger partial charge in [0.05, 0.1) is 19.3 Å². The molecule has 6 nitrogen and oxygen atoms in total. The first kappa shape index (κ1) is 21.3. The molecule has 4 rings (SSSR count). The van der Waals surface area contributed by atoms with Gasteiger partial charge in [-0.15, -0.1) is 0 Å². The minimum Gasteiger partial charge on any atom is -0.493 e. The summed E-state index contributed by atoms with van der Waals surface area (Å²) in [7, 11) is 0. The zero-order chi connectivity index (χ0) is 22.0. The van der Waals surface area contributed by atoms with Crippen molar-refractivity contribution in [2.45, 2.75) is 38.2 Å². The lowest BCUT2D eigenvalue weighted by atomic mass is 9.95. The lowest BCUT2D eigenvalue weighted by Gasteiger charge is -2.18. The third-order valence-electron chi connectivity index (χ3n) is 5.79. The number of aliphatic hydroxyl groups excluding tert-OH is 1. The van der Waals surface area contributed by atoms with Crippen molar-refractivity contribution in [2.75, 3.05) is 25.0 Å². The van der Waals surface area contributed by atoms with Gasteiger partial charge in [0, 0.05) is 30.1 Å². The van der Waals surface area contributed by atoms with Crippen LogP contribution in [0.5, 0.6) is 5.75 Å². The van der Waals surface area contributed by atoms with Crippen LogP contribution in [0.4, 0.5) is 10.1 Å². The van der Waals surface area contributed by atoms with Crippen molar-refractivity contribution in [2.24, 2.45) is 5.92 Å². The second-order valence-electron chi connectivity index (χ2n) is 8.46. The Morgan fingerprint density at radius 1 is 1.29 bits per heavy atom.